The molecule has 0 bridgehead atoms. The van der Waals surface area contributed by atoms with Gasteiger partial charge in [0.1, 0.15) is 0 Å². The van der Waals surface area contributed by atoms with Crippen molar-refractivity contribution in [2.75, 3.05) is 0 Å². The minimum atomic E-state index is -1.89. The molecule has 3 heteroatoms. The number of aryl methyl sites for hydroxylation is 3. The molecular weight excluding hydrogens is 315 g/mol. The molecule has 0 N–H and O–H groups in total. The van der Waals surface area contributed by atoms with Gasteiger partial charge in [-0.25, -0.2) is 4.79 Å². The Morgan fingerprint density at radius 1 is 1.12 bits per heavy atom. The van der Waals surface area contributed by atoms with E-state index in [0.717, 1.165) is 36.0 Å². The van der Waals surface area contributed by atoms with Gasteiger partial charge in [-0.05, 0) is 62.5 Å². The van der Waals surface area contributed by atoms with Crippen molar-refractivity contribution in [3.8, 4) is 0 Å². The standard InChI is InChI=1S/C21H34O2P/c1-9-18(12-15(3)13-21(6,7)8)24(23)20(22)19-16(4)10-14(2)11-17(19)5/h10-11,15,18H,9,12-13H2,1-8H3/q+1. The summed E-state index contributed by atoms with van der Waals surface area (Å²) in [5.41, 5.74) is 3.78. The molecule has 0 saturated heterocycles. The second-order valence-corrected chi connectivity index (χ2v) is 10.4. The van der Waals surface area contributed by atoms with Crippen molar-refractivity contribution in [2.45, 2.75) is 80.3 Å². The average Bonchev–Trinajstić information content (AvgIpc) is 2.40. The average molecular weight is 349 g/mol. The first-order valence-corrected chi connectivity index (χ1v) is 10.4. The van der Waals surface area contributed by atoms with Crippen LogP contribution in [-0.4, -0.2) is 11.2 Å². The van der Waals surface area contributed by atoms with Crippen LogP contribution in [0.5, 0.6) is 0 Å². The minimum absolute atomic E-state index is 0.0232. The summed E-state index contributed by atoms with van der Waals surface area (Å²) in [7, 11) is -1.89. The van der Waals surface area contributed by atoms with Gasteiger partial charge in [0.05, 0.1) is 5.56 Å². The molecule has 0 fully saturated rings. The number of benzene rings is 1. The van der Waals surface area contributed by atoms with Crippen molar-refractivity contribution < 1.29 is 9.36 Å². The van der Waals surface area contributed by atoms with E-state index in [1.54, 1.807) is 0 Å². The SMILES string of the molecule is CCC(CC(C)CC(C)(C)C)[P+](=O)C(=O)c1c(C)cc(C)cc1C. The predicted molar refractivity (Wildman–Crippen MR) is 105 cm³/mol. The van der Waals surface area contributed by atoms with Gasteiger partial charge < -0.3 is 0 Å². The molecular formula is C21H34O2P+. The largest absolute Gasteiger partial charge is 0.423 e. The van der Waals surface area contributed by atoms with Gasteiger partial charge in [-0.15, -0.1) is 0 Å². The minimum Gasteiger partial charge on any atom is -0.234 e. The monoisotopic (exact) mass is 349 g/mol. The zero-order chi connectivity index (χ0) is 18.7. The van der Waals surface area contributed by atoms with E-state index in [4.69, 9.17) is 0 Å². The molecule has 134 valence electrons. The van der Waals surface area contributed by atoms with Crippen LogP contribution in [0, 0.1) is 32.1 Å². The molecule has 1 aromatic carbocycles. The number of rotatable bonds is 7. The zero-order valence-electron chi connectivity index (χ0n) is 16.7. The highest BCUT2D eigenvalue weighted by Crippen LogP contribution is 2.41. The van der Waals surface area contributed by atoms with Crippen molar-refractivity contribution in [1.29, 1.82) is 0 Å². The van der Waals surface area contributed by atoms with Gasteiger partial charge in [0.15, 0.2) is 5.66 Å². The van der Waals surface area contributed by atoms with Gasteiger partial charge >= 0.3 is 13.3 Å². The molecule has 0 aliphatic heterocycles. The molecule has 3 unspecified atom stereocenters. The van der Waals surface area contributed by atoms with Gasteiger partial charge in [-0.2, -0.15) is 0 Å². The van der Waals surface area contributed by atoms with E-state index < -0.39 is 7.80 Å². The lowest BCUT2D eigenvalue weighted by molar-refractivity contribution is 0.107. The first kappa shape index (κ1) is 21.0. The summed E-state index contributed by atoms with van der Waals surface area (Å²) in [5.74, 6) is 0.474. The Kier molecular flexibility index (Phi) is 7.35. The molecule has 0 spiro atoms. The maximum atomic E-state index is 13.0. The summed E-state index contributed by atoms with van der Waals surface area (Å²) in [6, 6.07) is 4.01. The molecule has 0 saturated carbocycles. The fraction of sp³-hybridized carbons (Fsp3) is 0.667. The number of hydrogen-bond acceptors (Lipinski definition) is 2. The van der Waals surface area contributed by atoms with E-state index in [1.165, 1.54) is 0 Å². The molecule has 0 amide bonds. The summed E-state index contributed by atoms with van der Waals surface area (Å²) in [5, 5.41) is 0. The second kappa shape index (κ2) is 8.39. The lowest BCUT2D eigenvalue weighted by Gasteiger charge is -2.23. The molecule has 0 radical (unpaired) electrons. The van der Waals surface area contributed by atoms with Crippen LogP contribution < -0.4 is 0 Å². The summed E-state index contributed by atoms with van der Waals surface area (Å²) in [6.07, 6.45) is 2.74. The number of carbonyl (C=O) groups is 1. The molecule has 1 aromatic rings. The van der Waals surface area contributed by atoms with Gasteiger partial charge in [0.2, 0.25) is 0 Å². The molecule has 1 rings (SSSR count). The summed E-state index contributed by atoms with van der Waals surface area (Å²) in [4.78, 5) is 12.9. The summed E-state index contributed by atoms with van der Waals surface area (Å²) in [6.45, 7) is 16.9. The van der Waals surface area contributed by atoms with Crippen molar-refractivity contribution in [3.63, 3.8) is 0 Å². The van der Waals surface area contributed by atoms with Crippen molar-refractivity contribution in [1.82, 2.24) is 0 Å². The second-order valence-electron chi connectivity index (χ2n) is 8.57. The normalized spacial score (nSPS) is 15.1. The van der Waals surface area contributed by atoms with Crippen molar-refractivity contribution >= 4 is 13.3 Å². The maximum Gasteiger partial charge on any atom is 0.423 e. The van der Waals surface area contributed by atoms with Crippen LogP contribution in [0.2, 0.25) is 0 Å². The number of carbonyl (C=O) groups excluding carboxylic acids is 1. The van der Waals surface area contributed by atoms with Crippen molar-refractivity contribution in [3.05, 3.63) is 34.4 Å². The zero-order valence-corrected chi connectivity index (χ0v) is 17.6. The fourth-order valence-electron chi connectivity index (χ4n) is 3.81. The van der Waals surface area contributed by atoms with Crippen LogP contribution >= 0.6 is 7.80 Å². The Balaban J connectivity index is 2.96. The van der Waals surface area contributed by atoms with Crippen LogP contribution in [0.4, 0.5) is 0 Å². The van der Waals surface area contributed by atoms with Crippen LogP contribution in [0.25, 0.3) is 0 Å². The third-order valence-corrected chi connectivity index (χ3v) is 6.39. The molecule has 24 heavy (non-hydrogen) atoms. The van der Waals surface area contributed by atoms with E-state index in [9.17, 15) is 9.36 Å². The Morgan fingerprint density at radius 2 is 1.62 bits per heavy atom. The van der Waals surface area contributed by atoms with Gasteiger partial charge in [0, 0.05) is 0 Å². The van der Waals surface area contributed by atoms with Crippen LogP contribution in [-0.2, 0) is 4.57 Å². The van der Waals surface area contributed by atoms with Gasteiger partial charge in [0.25, 0.3) is 0 Å². The first-order valence-electron chi connectivity index (χ1n) is 9.04. The molecule has 2 nitrogen and oxygen atoms in total. The third kappa shape index (κ3) is 5.81. The maximum absolute atomic E-state index is 13.0. The number of hydrogen-bond donors (Lipinski definition) is 0. The first-order chi connectivity index (χ1) is 11.0. The Morgan fingerprint density at radius 3 is 2.04 bits per heavy atom. The summed E-state index contributed by atoms with van der Waals surface area (Å²) >= 11 is 0. The van der Waals surface area contributed by atoms with E-state index in [0.29, 0.717) is 11.5 Å². The molecule has 0 aliphatic rings. The van der Waals surface area contributed by atoms with Crippen LogP contribution in [0.1, 0.15) is 80.9 Å². The predicted octanol–water partition coefficient (Wildman–Crippen LogP) is 6.82. The Hall–Kier alpha value is -1.01. The third-order valence-electron chi connectivity index (χ3n) is 4.53. The Labute approximate surface area is 149 Å². The highest BCUT2D eigenvalue weighted by atomic mass is 31.1. The Bertz CT molecular complexity index is 588. The van der Waals surface area contributed by atoms with Crippen LogP contribution in [0.15, 0.2) is 12.1 Å². The van der Waals surface area contributed by atoms with Gasteiger partial charge in [-0.3, -0.25) is 0 Å². The molecule has 0 heterocycles. The van der Waals surface area contributed by atoms with E-state index in [2.05, 4.69) is 27.7 Å². The molecule has 0 aromatic heterocycles. The lowest BCUT2D eigenvalue weighted by Crippen LogP contribution is -2.17. The molecule has 3 atom stereocenters. The van der Waals surface area contributed by atoms with Gasteiger partial charge in [-0.1, -0.05) is 56.9 Å². The van der Waals surface area contributed by atoms with E-state index in [1.807, 2.05) is 39.8 Å². The fourth-order valence-corrected chi connectivity index (χ4v) is 5.60. The summed E-state index contributed by atoms with van der Waals surface area (Å²) < 4.78 is 13.0. The lowest BCUT2D eigenvalue weighted by atomic mass is 9.83. The van der Waals surface area contributed by atoms with Crippen LogP contribution in [0.3, 0.4) is 0 Å². The highest BCUT2D eigenvalue weighted by molar-refractivity contribution is 7.65. The van der Waals surface area contributed by atoms with Crippen molar-refractivity contribution in [2.24, 2.45) is 11.3 Å². The topological polar surface area (TPSA) is 34.1 Å². The quantitative estimate of drug-likeness (QED) is 0.506. The highest BCUT2D eigenvalue weighted by Gasteiger charge is 2.40. The van der Waals surface area contributed by atoms with E-state index in [-0.39, 0.29) is 16.6 Å². The molecule has 0 aliphatic carbocycles. The van der Waals surface area contributed by atoms with E-state index >= 15 is 0 Å². The smallest absolute Gasteiger partial charge is 0.234 e.